The van der Waals surface area contributed by atoms with Gasteiger partial charge in [0.25, 0.3) is 0 Å². The molecule has 118 valence electrons. The SMILES string of the molecule is CCOc1ccc2ccccc2c1/C=C(\C#N)C(=O)OC(C)C. The summed E-state index contributed by atoms with van der Waals surface area (Å²) in [6.45, 7) is 5.88. The van der Waals surface area contributed by atoms with Crippen molar-refractivity contribution in [2.24, 2.45) is 0 Å². The highest BCUT2D eigenvalue weighted by Gasteiger charge is 2.15. The largest absolute Gasteiger partial charge is 0.493 e. The van der Waals surface area contributed by atoms with Crippen LogP contribution in [-0.4, -0.2) is 18.7 Å². The van der Waals surface area contributed by atoms with Crippen molar-refractivity contribution in [1.29, 1.82) is 5.26 Å². The minimum Gasteiger partial charge on any atom is -0.493 e. The predicted octanol–water partition coefficient (Wildman–Crippen LogP) is 4.10. The van der Waals surface area contributed by atoms with Gasteiger partial charge in [0.1, 0.15) is 17.4 Å². The van der Waals surface area contributed by atoms with Crippen LogP contribution >= 0.6 is 0 Å². The van der Waals surface area contributed by atoms with Gasteiger partial charge in [-0.3, -0.25) is 0 Å². The molecule has 0 fully saturated rings. The van der Waals surface area contributed by atoms with Crippen LogP contribution in [0.1, 0.15) is 26.3 Å². The maximum atomic E-state index is 12.0. The second-order valence-electron chi connectivity index (χ2n) is 5.26. The monoisotopic (exact) mass is 309 g/mol. The number of carbonyl (C=O) groups is 1. The number of carbonyl (C=O) groups excluding carboxylic acids is 1. The number of nitrogens with zero attached hydrogens (tertiary/aromatic N) is 1. The molecule has 0 aliphatic heterocycles. The first-order chi connectivity index (χ1) is 11.1. The number of rotatable bonds is 5. The van der Waals surface area contributed by atoms with Crippen LogP contribution in [0.15, 0.2) is 42.0 Å². The lowest BCUT2D eigenvalue weighted by atomic mass is 10.0. The Morgan fingerprint density at radius 1 is 1.26 bits per heavy atom. The molecule has 4 nitrogen and oxygen atoms in total. The molecule has 0 aliphatic carbocycles. The number of hydrogen-bond donors (Lipinski definition) is 0. The van der Waals surface area contributed by atoms with Gasteiger partial charge in [0.15, 0.2) is 0 Å². The lowest BCUT2D eigenvalue weighted by Gasteiger charge is -2.12. The van der Waals surface area contributed by atoms with E-state index in [1.165, 1.54) is 6.08 Å². The topological polar surface area (TPSA) is 59.3 Å². The van der Waals surface area contributed by atoms with Gasteiger partial charge in [-0.15, -0.1) is 0 Å². The molecule has 2 rings (SSSR count). The number of fused-ring (bicyclic) bond motifs is 1. The molecule has 0 unspecified atom stereocenters. The maximum Gasteiger partial charge on any atom is 0.349 e. The Kier molecular flexibility index (Phi) is 5.37. The summed E-state index contributed by atoms with van der Waals surface area (Å²) < 4.78 is 10.8. The molecule has 0 amide bonds. The normalized spacial score (nSPS) is 11.3. The molecule has 0 bridgehead atoms. The number of esters is 1. The van der Waals surface area contributed by atoms with Gasteiger partial charge in [0, 0.05) is 5.56 Å². The van der Waals surface area contributed by atoms with Crippen molar-refractivity contribution in [1.82, 2.24) is 0 Å². The molecule has 0 heterocycles. The van der Waals surface area contributed by atoms with Gasteiger partial charge < -0.3 is 9.47 Å². The van der Waals surface area contributed by atoms with Gasteiger partial charge in [-0.2, -0.15) is 5.26 Å². The zero-order valence-electron chi connectivity index (χ0n) is 13.5. The van der Waals surface area contributed by atoms with Crippen molar-refractivity contribution in [2.45, 2.75) is 26.9 Å². The van der Waals surface area contributed by atoms with E-state index in [0.717, 1.165) is 10.8 Å². The first-order valence-electron chi connectivity index (χ1n) is 7.54. The molecule has 0 radical (unpaired) electrons. The van der Waals surface area contributed by atoms with Crippen LogP contribution in [0.2, 0.25) is 0 Å². The van der Waals surface area contributed by atoms with Crippen LogP contribution < -0.4 is 4.74 Å². The molecule has 0 aromatic heterocycles. The van der Waals surface area contributed by atoms with E-state index in [-0.39, 0.29) is 11.7 Å². The highest BCUT2D eigenvalue weighted by Crippen LogP contribution is 2.30. The molecule has 0 aliphatic rings. The van der Waals surface area contributed by atoms with Gasteiger partial charge >= 0.3 is 5.97 Å². The second kappa shape index (κ2) is 7.46. The van der Waals surface area contributed by atoms with E-state index >= 15 is 0 Å². The van der Waals surface area contributed by atoms with E-state index in [9.17, 15) is 10.1 Å². The molecule has 2 aromatic carbocycles. The second-order valence-corrected chi connectivity index (χ2v) is 5.26. The molecule has 4 heteroatoms. The number of nitriles is 1. The summed E-state index contributed by atoms with van der Waals surface area (Å²) in [4.78, 5) is 12.0. The third-order valence-electron chi connectivity index (χ3n) is 3.20. The average Bonchev–Trinajstić information content (AvgIpc) is 2.53. The summed E-state index contributed by atoms with van der Waals surface area (Å²) in [7, 11) is 0. The Labute approximate surface area is 135 Å². The van der Waals surface area contributed by atoms with Crippen molar-refractivity contribution in [2.75, 3.05) is 6.61 Å². The fourth-order valence-corrected chi connectivity index (χ4v) is 2.26. The molecule has 2 aromatic rings. The number of hydrogen-bond acceptors (Lipinski definition) is 4. The summed E-state index contributed by atoms with van der Waals surface area (Å²) in [5.74, 6) is 0.00850. The van der Waals surface area contributed by atoms with E-state index < -0.39 is 5.97 Å². The Morgan fingerprint density at radius 2 is 2.00 bits per heavy atom. The van der Waals surface area contributed by atoms with Crippen molar-refractivity contribution < 1.29 is 14.3 Å². The van der Waals surface area contributed by atoms with E-state index in [0.29, 0.717) is 17.9 Å². The van der Waals surface area contributed by atoms with Crippen LogP contribution in [0.25, 0.3) is 16.8 Å². The van der Waals surface area contributed by atoms with E-state index in [4.69, 9.17) is 9.47 Å². The van der Waals surface area contributed by atoms with Gasteiger partial charge in [-0.25, -0.2) is 4.79 Å². The molecule has 0 saturated heterocycles. The summed E-state index contributed by atoms with van der Waals surface area (Å²) in [5.41, 5.74) is 0.665. The van der Waals surface area contributed by atoms with Crippen LogP contribution in [0.3, 0.4) is 0 Å². The standard InChI is InChI=1S/C19H19NO3/c1-4-22-18-10-9-14-7-5-6-8-16(14)17(18)11-15(12-20)19(21)23-13(2)3/h5-11,13H,4H2,1-3H3/b15-11+. The Morgan fingerprint density at radius 3 is 2.65 bits per heavy atom. The zero-order chi connectivity index (χ0) is 16.8. The summed E-state index contributed by atoms with van der Waals surface area (Å²) in [5, 5.41) is 11.2. The van der Waals surface area contributed by atoms with Gasteiger partial charge in [-0.05, 0) is 43.7 Å². The fourth-order valence-electron chi connectivity index (χ4n) is 2.26. The first-order valence-corrected chi connectivity index (χ1v) is 7.54. The van der Waals surface area contributed by atoms with E-state index in [2.05, 4.69) is 0 Å². The summed E-state index contributed by atoms with van der Waals surface area (Å²) in [6, 6.07) is 13.5. The Bertz CT molecular complexity index is 785. The highest BCUT2D eigenvalue weighted by molar-refractivity contribution is 6.02. The molecular weight excluding hydrogens is 290 g/mol. The van der Waals surface area contributed by atoms with Gasteiger partial charge in [0.2, 0.25) is 0 Å². The molecule has 0 spiro atoms. The summed E-state index contributed by atoms with van der Waals surface area (Å²) >= 11 is 0. The van der Waals surface area contributed by atoms with E-state index in [1.54, 1.807) is 13.8 Å². The minimum absolute atomic E-state index is 0.0454. The minimum atomic E-state index is -0.627. The smallest absolute Gasteiger partial charge is 0.349 e. The lowest BCUT2D eigenvalue weighted by molar-refractivity contribution is -0.142. The van der Waals surface area contributed by atoms with Crippen LogP contribution in [0, 0.1) is 11.3 Å². The summed E-state index contributed by atoms with van der Waals surface area (Å²) in [6.07, 6.45) is 1.26. The highest BCUT2D eigenvalue weighted by atomic mass is 16.5. The Balaban J connectivity index is 2.59. The van der Waals surface area contributed by atoms with Crippen molar-refractivity contribution >= 4 is 22.8 Å². The van der Waals surface area contributed by atoms with Crippen LogP contribution in [0.5, 0.6) is 5.75 Å². The molecule has 23 heavy (non-hydrogen) atoms. The van der Waals surface area contributed by atoms with Crippen LogP contribution in [-0.2, 0) is 9.53 Å². The third kappa shape index (κ3) is 3.89. The van der Waals surface area contributed by atoms with Crippen molar-refractivity contribution in [3.05, 3.63) is 47.5 Å². The van der Waals surface area contributed by atoms with Crippen molar-refractivity contribution in [3.63, 3.8) is 0 Å². The zero-order valence-corrected chi connectivity index (χ0v) is 13.5. The van der Waals surface area contributed by atoms with Crippen molar-refractivity contribution in [3.8, 4) is 11.8 Å². The number of ether oxygens (including phenoxy) is 2. The van der Waals surface area contributed by atoms with Gasteiger partial charge in [0.05, 0.1) is 12.7 Å². The number of benzene rings is 2. The first kappa shape index (κ1) is 16.6. The maximum absolute atomic E-state index is 12.0. The molecule has 0 N–H and O–H groups in total. The van der Waals surface area contributed by atoms with E-state index in [1.807, 2.05) is 49.4 Å². The van der Waals surface area contributed by atoms with Gasteiger partial charge in [-0.1, -0.05) is 30.3 Å². The molecular formula is C19H19NO3. The molecule has 0 saturated carbocycles. The van der Waals surface area contributed by atoms with Crippen LogP contribution in [0.4, 0.5) is 0 Å². The third-order valence-corrected chi connectivity index (χ3v) is 3.20. The quantitative estimate of drug-likeness (QED) is 0.474. The predicted molar refractivity (Wildman–Crippen MR) is 89.9 cm³/mol. The lowest BCUT2D eigenvalue weighted by Crippen LogP contribution is -2.12. The molecule has 0 atom stereocenters. The fraction of sp³-hybridized carbons (Fsp3) is 0.263. The Hall–Kier alpha value is -2.80. The average molecular weight is 309 g/mol.